The summed E-state index contributed by atoms with van der Waals surface area (Å²) in [5.74, 6) is 1.21. The third-order valence-electron chi connectivity index (χ3n) is 4.69. The predicted octanol–water partition coefficient (Wildman–Crippen LogP) is 2.60. The van der Waals surface area contributed by atoms with Gasteiger partial charge in [-0.15, -0.1) is 0 Å². The first-order valence-electron chi connectivity index (χ1n) is 8.11. The Balaban J connectivity index is 1.71. The zero-order valence-electron chi connectivity index (χ0n) is 13.3. The maximum atomic E-state index is 6.17. The van der Waals surface area contributed by atoms with Crippen LogP contribution < -0.4 is 16.6 Å². The van der Waals surface area contributed by atoms with Crippen LogP contribution in [0.1, 0.15) is 65.7 Å². The Hall–Kier alpha value is -0.580. The third-order valence-corrected chi connectivity index (χ3v) is 4.69. The predicted molar refractivity (Wildman–Crippen MR) is 83.1 cm³/mol. The lowest BCUT2D eigenvalue weighted by Crippen LogP contribution is -2.51. The summed E-state index contributed by atoms with van der Waals surface area (Å²) < 4.78 is 5.68. The van der Waals surface area contributed by atoms with E-state index in [9.17, 15) is 0 Å². The molecular formula is C16H31N3O. The Morgan fingerprint density at radius 1 is 1.20 bits per heavy atom. The first-order valence-corrected chi connectivity index (χ1v) is 8.11. The van der Waals surface area contributed by atoms with Crippen LogP contribution in [0.15, 0.2) is 11.3 Å². The van der Waals surface area contributed by atoms with Gasteiger partial charge in [0.1, 0.15) is 0 Å². The second-order valence-electron chi connectivity index (χ2n) is 6.79. The molecule has 0 bridgehead atoms. The van der Waals surface area contributed by atoms with Gasteiger partial charge in [-0.1, -0.05) is 0 Å². The van der Waals surface area contributed by atoms with Crippen molar-refractivity contribution in [2.45, 2.75) is 83.3 Å². The van der Waals surface area contributed by atoms with E-state index in [2.05, 4.69) is 31.6 Å². The monoisotopic (exact) mass is 281 g/mol. The molecule has 1 atom stereocenters. The number of hydrogen-bond acceptors (Lipinski definition) is 4. The van der Waals surface area contributed by atoms with Crippen LogP contribution in [0.3, 0.4) is 0 Å². The Kier molecular flexibility index (Phi) is 5.47. The lowest BCUT2D eigenvalue weighted by atomic mass is 9.82. The highest BCUT2D eigenvalue weighted by Gasteiger charge is 2.27. The maximum Gasteiger partial charge on any atom is 0.0949 e. The Bertz CT molecular complexity index is 342. The van der Waals surface area contributed by atoms with Crippen molar-refractivity contribution in [3.8, 4) is 0 Å². The van der Waals surface area contributed by atoms with Crippen molar-refractivity contribution in [1.29, 1.82) is 0 Å². The molecule has 0 heterocycles. The fraction of sp³-hybridized carbons (Fsp3) is 0.875. The van der Waals surface area contributed by atoms with Gasteiger partial charge in [0.2, 0.25) is 0 Å². The smallest absolute Gasteiger partial charge is 0.0949 e. The molecule has 2 aliphatic carbocycles. The van der Waals surface area contributed by atoms with E-state index in [-0.39, 0.29) is 5.54 Å². The van der Waals surface area contributed by atoms with Gasteiger partial charge in [-0.05, 0) is 64.9 Å². The van der Waals surface area contributed by atoms with Gasteiger partial charge in [-0.2, -0.15) is 0 Å². The lowest BCUT2D eigenvalue weighted by molar-refractivity contribution is 0.192. The van der Waals surface area contributed by atoms with Gasteiger partial charge in [-0.3, -0.25) is 10.9 Å². The largest absolute Gasteiger partial charge is 0.498 e. The number of rotatable bonds is 5. The van der Waals surface area contributed by atoms with Gasteiger partial charge >= 0.3 is 0 Å². The van der Waals surface area contributed by atoms with Crippen LogP contribution in [0.5, 0.6) is 0 Å². The fourth-order valence-electron chi connectivity index (χ4n) is 3.25. The molecule has 0 aromatic heterocycles. The summed E-state index contributed by atoms with van der Waals surface area (Å²) >= 11 is 0. The SMILES string of the molecule is CCOC1=C(C)CC(NNC2CCC(C)(N)CC2)CC1. The molecule has 4 heteroatoms. The minimum absolute atomic E-state index is 0.0503. The molecular weight excluding hydrogens is 250 g/mol. The number of hydrazine groups is 1. The summed E-state index contributed by atoms with van der Waals surface area (Å²) in [7, 11) is 0. The van der Waals surface area contributed by atoms with Crippen molar-refractivity contribution in [3.63, 3.8) is 0 Å². The molecule has 0 aromatic carbocycles. The lowest BCUT2D eigenvalue weighted by Gasteiger charge is -2.36. The maximum absolute atomic E-state index is 6.17. The molecule has 2 aliphatic rings. The Morgan fingerprint density at radius 3 is 2.45 bits per heavy atom. The number of hydrogen-bond donors (Lipinski definition) is 3. The number of nitrogens with two attached hydrogens (primary N) is 1. The Morgan fingerprint density at radius 2 is 1.85 bits per heavy atom. The standard InChI is InChI=1S/C16H31N3O/c1-4-20-15-6-5-14(11-12(15)2)19-18-13-7-9-16(3,17)10-8-13/h13-14,18-19H,4-11,17H2,1-3H3. The molecule has 0 spiro atoms. The van der Waals surface area contributed by atoms with Gasteiger partial charge in [0.05, 0.1) is 12.4 Å². The van der Waals surface area contributed by atoms with Crippen LogP contribution in [0.25, 0.3) is 0 Å². The molecule has 20 heavy (non-hydrogen) atoms. The van der Waals surface area contributed by atoms with Crippen molar-refractivity contribution in [2.75, 3.05) is 6.61 Å². The van der Waals surface area contributed by atoms with Crippen molar-refractivity contribution >= 4 is 0 Å². The highest BCUT2D eigenvalue weighted by atomic mass is 16.5. The quantitative estimate of drug-likeness (QED) is 0.678. The molecule has 116 valence electrons. The molecule has 4 N–H and O–H groups in total. The van der Waals surface area contributed by atoms with Gasteiger partial charge in [0, 0.05) is 24.0 Å². The summed E-state index contributed by atoms with van der Waals surface area (Å²) in [5, 5.41) is 0. The van der Waals surface area contributed by atoms with Gasteiger partial charge in [0.15, 0.2) is 0 Å². The zero-order valence-corrected chi connectivity index (χ0v) is 13.3. The highest BCUT2D eigenvalue weighted by molar-refractivity contribution is 5.12. The summed E-state index contributed by atoms with van der Waals surface area (Å²) in [6.07, 6.45) is 7.88. The minimum Gasteiger partial charge on any atom is -0.498 e. The molecule has 1 saturated carbocycles. The van der Waals surface area contributed by atoms with E-state index in [0.717, 1.165) is 38.7 Å². The van der Waals surface area contributed by atoms with Crippen molar-refractivity contribution < 1.29 is 4.74 Å². The van der Waals surface area contributed by atoms with Crippen LogP contribution in [-0.4, -0.2) is 24.2 Å². The second kappa shape index (κ2) is 6.92. The minimum atomic E-state index is 0.0503. The first-order chi connectivity index (χ1) is 9.50. The summed E-state index contributed by atoms with van der Waals surface area (Å²) in [6.45, 7) is 7.20. The average Bonchev–Trinajstić information content (AvgIpc) is 2.40. The van der Waals surface area contributed by atoms with Crippen LogP contribution in [-0.2, 0) is 4.74 Å². The normalized spacial score (nSPS) is 35.2. The van der Waals surface area contributed by atoms with E-state index >= 15 is 0 Å². The van der Waals surface area contributed by atoms with Crippen LogP contribution in [0.4, 0.5) is 0 Å². The van der Waals surface area contributed by atoms with Crippen molar-refractivity contribution in [1.82, 2.24) is 10.9 Å². The average molecular weight is 281 g/mol. The number of ether oxygens (including phenoxy) is 1. The van der Waals surface area contributed by atoms with E-state index in [1.54, 1.807) is 0 Å². The second-order valence-corrected chi connectivity index (χ2v) is 6.79. The number of allylic oxidation sites excluding steroid dienone is 1. The first kappa shape index (κ1) is 15.8. The molecule has 0 radical (unpaired) electrons. The van der Waals surface area contributed by atoms with Gasteiger partial charge < -0.3 is 10.5 Å². The van der Waals surface area contributed by atoms with E-state index < -0.39 is 0 Å². The summed E-state index contributed by atoms with van der Waals surface area (Å²) in [6, 6.07) is 1.11. The molecule has 1 unspecified atom stereocenters. The highest BCUT2D eigenvalue weighted by Crippen LogP contribution is 2.27. The van der Waals surface area contributed by atoms with E-state index in [0.29, 0.717) is 12.1 Å². The molecule has 0 saturated heterocycles. The molecule has 0 aromatic rings. The van der Waals surface area contributed by atoms with Crippen LogP contribution >= 0.6 is 0 Å². The van der Waals surface area contributed by atoms with Crippen LogP contribution in [0.2, 0.25) is 0 Å². The zero-order chi connectivity index (χ0) is 14.6. The Labute approximate surface area is 123 Å². The molecule has 4 nitrogen and oxygen atoms in total. The molecule has 2 rings (SSSR count). The van der Waals surface area contributed by atoms with Crippen LogP contribution in [0, 0.1) is 0 Å². The molecule has 1 fully saturated rings. The van der Waals surface area contributed by atoms with Gasteiger partial charge in [-0.25, -0.2) is 0 Å². The van der Waals surface area contributed by atoms with Crippen molar-refractivity contribution in [2.24, 2.45) is 5.73 Å². The molecule has 0 amide bonds. The van der Waals surface area contributed by atoms with E-state index in [4.69, 9.17) is 10.5 Å². The summed E-state index contributed by atoms with van der Waals surface area (Å²) in [4.78, 5) is 0. The van der Waals surface area contributed by atoms with Crippen molar-refractivity contribution in [3.05, 3.63) is 11.3 Å². The number of nitrogens with one attached hydrogen (secondary N) is 2. The van der Waals surface area contributed by atoms with Gasteiger partial charge in [0.25, 0.3) is 0 Å². The fourth-order valence-corrected chi connectivity index (χ4v) is 3.25. The third kappa shape index (κ3) is 4.47. The topological polar surface area (TPSA) is 59.3 Å². The molecule has 0 aliphatic heterocycles. The van der Waals surface area contributed by atoms with E-state index in [1.165, 1.54) is 24.2 Å². The summed E-state index contributed by atoms with van der Waals surface area (Å²) in [5.41, 5.74) is 14.7. The van der Waals surface area contributed by atoms with E-state index in [1.807, 2.05) is 0 Å².